The molecule has 0 radical (unpaired) electrons. The van der Waals surface area contributed by atoms with Gasteiger partial charge in [-0.05, 0) is 18.2 Å². The van der Waals surface area contributed by atoms with E-state index in [9.17, 15) is 23.5 Å². The Morgan fingerprint density at radius 1 is 1.17 bits per heavy atom. The second kappa shape index (κ2) is 8.34. The van der Waals surface area contributed by atoms with Crippen molar-refractivity contribution in [2.45, 2.75) is 17.9 Å². The molecule has 182 valence electrons. The number of hydrogen-bond acceptors (Lipinski definition) is 9. The summed E-state index contributed by atoms with van der Waals surface area (Å²) < 4.78 is 31.2. The van der Waals surface area contributed by atoms with Crippen LogP contribution in [0.4, 0.5) is 14.7 Å². The maximum Gasteiger partial charge on any atom is 0.282 e. The van der Waals surface area contributed by atoms with E-state index < -0.39 is 36.4 Å². The molecule has 2 aliphatic rings. The lowest BCUT2D eigenvalue weighted by molar-refractivity contribution is -0.163. The number of anilines is 1. The predicted molar refractivity (Wildman–Crippen MR) is 117 cm³/mol. The van der Waals surface area contributed by atoms with Crippen molar-refractivity contribution in [1.29, 1.82) is 0 Å². The SMILES string of the molecule is CN1CCC(O)(c2cc(-c3cccc(-c4ccnc(NCC(=O)N5CC(F)(F)C5)n4)n3)no2)C1=O. The number of rotatable bonds is 6. The Morgan fingerprint density at radius 3 is 2.57 bits per heavy atom. The monoisotopic (exact) mass is 485 g/mol. The average molecular weight is 485 g/mol. The second-order valence-corrected chi connectivity index (χ2v) is 8.55. The predicted octanol–water partition coefficient (Wildman–Crippen LogP) is 1.13. The number of halogens is 2. The van der Waals surface area contributed by atoms with Crippen molar-refractivity contribution < 1.29 is 28.0 Å². The van der Waals surface area contributed by atoms with E-state index in [0.717, 1.165) is 4.90 Å². The van der Waals surface area contributed by atoms with E-state index in [1.807, 2.05) is 0 Å². The third kappa shape index (κ3) is 4.30. The molecule has 1 unspecified atom stereocenters. The maximum atomic E-state index is 13.0. The summed E-state index contributed by atoms with van der Waals surface area (Å²) in [6.07, 6.45) is 1.68. The first-order valence-electron chi connectivity index (χ1n) is 10.8. The summed E-state index contributed by atoms with van der Waals surface area (Å²) >= 11 is 0. The van der Waals surface area contributed by atoms with Crippen molar-refractivity contribution in [3.8, 4) is 22.8 Å². The molecule has 5 heterocycles. The molecule has 2 aliphatic heterocycles. The minimum Gasteiger partial charge on any atom is -0.373 e. The molecule has 0 bridgehead atoms. The quantitative estimate of drug-likeness (QED) is 0.526. The highest BCUT2D eigenvalue weighted by molar-refractivity contribution is 5.87. The molecule has 1 atom stereocenters. The number of likely N-dealkylation sites (N-methyl/N-ethyl adjacent to an activating group) is 1. The van der Waals surface area contributed by atoms with Crippen molar-refractivity contribution in [3.05, 3.63) is 42.3 Å². The van der Waals surface area contributed by atoms with Gasteiger partial charge in [0.1, 0.15) is 5.69 Å². The molecule has 2 amide bonds. The average Bonchev–Trinajstić information content (AvgIpc) is 3.44. The standard InChI is InChI=1S/C22H21F2N7O4/c1-30-8-6-22(34,19(30)33)17-9-16(29-35-17)14-4-2-3-13(27-14)15-5-7-25-20(28-15)26-10-18(32)31-11-21(23,24)12-31/h2-5,7,9,34H,6,8,10-12H2,1H3,(H,25,26,28). The van der Waals surface area contributed by atoms with Gasteiger partial charge in [-0.3, -0.25) is 9.59 Å². The molecule has 3 aromatic rings. The minimum absolute atomic E-state index is 0.0483. The number of amides is 2. The molecule has 0 saturated carbocycles. The number of aromatic nitrogens is 4. The zero-order valence-electron chi connectivity index (χ0n) is 18.6. The van der Waals surface area contributed by atoms with Crippen LogP contribution in [-0.4, -0.2) is 86.0 Å². The molecule has 13 heteroatoms. The molecule has 0 aliphatic carbocycles. The van der Waals surface area contributed by atoms with Gasteiger partial charge in [0, 0.05) is 32.3 Å². The molecular formula is C22H21F2N7O4. The summed E-state index contributed by atoms with van der Waals surface area (Å²) in [4.78, 5) is 39.7. The third-order valence-electron chi connectivity index (χ3n) is 5.95. The number of hydrogen-bond donors (Lipinski definition) is 2. The van der Waals surface area contributed by atoms with Crippen molar-refractivity contribution in [3.63, 3.8) is 0 Å². The Kier molecular flexibility index (Phi) is 5.43. The molecule has 2 saturated heterocycles. The second-order valence-electron chi connectivity index (χ2n) is 8.55. The lowest BCUT2D eigenvalue weighted by Gasteiger charge is -2.38. The smallest absolute Gasteiger partial charge is 0.282 e. The summed E-state index contributed by atoms with van der Waals surface area (Å²) in [6, 6.07) is 8.25. The number of nitrogens with zero attached hydrogens (tertiary/aromatic N) is 6. The van der Waals surface area contributed by atoms with Gasteiger partial charge in [0.15, 0.2) is 5.76 Å². The van der Waals surface area contributed by atoms with Crippen molar-refractivity contribution in [2.24, 2.45) is 0 Å². The van der Waals surface area contributed by atoms with Crippen LogP contribution in [0.2, 0.25) is 0 Å². The summed E-state index contributed by atoms with van der Waals surface area (Å²) in [7, 11) is 1.60. The van der Waals surface area contributed by atoms with E-state index in [1.165, 1.54) is 17.2 Å². The Bertz CT molecular complexity index is 1290. The molecule has 5 rings (SSSR count). The Labute approximate surface area is 197 Å². The zero-order valence-corrected chi connectivity index (χ0v) is 18.6. The maximum absolute atomic E-state index is 13.0. The van der Waals surface area contributed by atoms with E-state index in [1.54, 1.807) is 31.3 Å². The lowest BCUT2D eigenvalue weighted by atomic mass is 9.98. The number of alkyl halides is 2. The first-order valence-corrected chi connectivity index (χ1v) is 10.8. The number of aliphatic hydroxyl groups is 1. The number of carbonyl (C=O) groups excluding carboxylic acids is 2. The number of pyridine rings is 1. The highest BCUT2D eigenvalue weighted by Gasteiger charge is 2.48. The summed E-state index contributed by atoms with van der Waals surface area (Å²) in [5.74, 6) is -3.56. The summed E-state index contributed by atoms with van der Waals surface area (Å²) in [5.41, 5.74) is -0.0680. The largest absolute Gasteiger partial charge is 0.373 e. The van der Waals surface area contributed by atoms with E-state index in [4.69, 9.17) is 4.52 Å². The fourth-order valence-corrected chi connectivity index (χ4v) is 3.93. The first-order chi connectivity index (χ1) is 16.6. The highest BCUT2D eigenvalue weighted by Crippen LogP contribution is 2.34. The molecule has 11 nitrogen and oxygen atoms in total. The molecule has 0 aromatic carbocycles. The molecule has 0 spiro atoms. The molecule has 2 fully saturated rings. The number of likely N-dealkylation sites (tertiary alicyclic amines) is 2. The van der Waals surface area contributed by atoms with Gasteiger partial charge in [-0.2, -0.15) is 0 Å². The van der Waals surface area contributed by atoms with E-state index in [2.05, 4.69) is 25.4 Å². The summed E-state index contributed by atoms with van der Waals surface area (Å²) in [6.45, 7) is -0.987. The highest BCUT2D eigenvalue weighted by atomic mass is 19.3. The van der Waals surface area contributed by atoms with Crippen LogP contribution in [0.3, 0.4) is 0 Å². The molecular weight excluding hydrogens is 464 g/mol. The van der Waals surface area contributed by atoms with E-state index >= 15 is 0 Å². The van der Waals surface area contributed by atoms with E-state index in [-0.39, 0.29) is 24.7 Å². The van der Waals surface area contributed by atoms with Gasteiger partial charge in [0.2, 0.25) is 17.5 Å². The fourth-order valence-electron chi connectivity index (χ4n) is 3.93. The summed E-state index contributed by atoms with van der Waals surface area (Å²) in [5, 5.41) is 17.5. The van der Waals surface area contributed by atoms with Gasteiger partial charge in [0.25, 0.3) is 11.8 Å². The fraction of sp³-hybridized carbons (Fsp3) is 0.364. The van der Waals surface area contributed by atoms with Crippen LogP contribution in [0.15, 0.2) is 41.1 Å². The number of nitrogens with one attached hydrogen (secondary N) is 1. The van der Waals surface area contributed by atoms with Gasteiger partial charge < -0.3 is 24.7 Å². The Balaban J connectivity index is 1.30. The topological polar surface area (TPSA) is 138 Å². The van der Waals surface area contributed by atoms with Crippen molar-refractivity contribution >= 4 is 17.8 Å². The molecule has 35 heavy (non-hydrogen) atoms. The third-order valence-corrected chi connectivity index (χ3v) is 5.95. The lowest BCUT2D eigenvalue weighted by Crippen LogP contribution is -2.59. The molecule has 2 N–H and O–H groups in total. The number of carbonyl (C=O) groups is 2. The van der Waals surface area contributed by atoms with E-state index in [0.29, 0.717) is 29.3 Å². The van der Waals surface area contributed by atoms with Crippen molar-refractivity contribution in [2.75, 3.05) is 38.5 Å². The Hall–Kier alpha value is -4.00. The van der Waals surface area contributed by atoms with Crippen LogP contribution in [0.1, 0.15) is 12.2 Å². The van der Waals surface area contributed by atoms with Crippen LogP contribution in [0, 0.1) is 0 Å². The molecule has 3 aromatic heterocycles. The van der Waals surface area contributed by atoms with Gasteiger partial charge >= 0.3 is 0 Å². The minimum atomic E-state index is -2.83. The van der Waals surface area contributed by atoms with Gasteiger partial charge in [0.05, 0.1) is 36.7 Å². The van der Waals surface area contributed by atoms with Gasteiger partial charge in [-0.1, -0.05) is 11.2 Å². The van der Waals surface area contributed by atoms with Crippen LogP contribution in [0.25, 0.3) is 22.8 Å². The van der Waals surface area contributed by atoms with Gasteiger partial charge in [-0.25, -0.2) is 23.7 Å². The Morgan fingerprint density at radius 2 is 1.89 bits per heavy atom. The van der Waals surface area contributed by atoms with Crippen LogP contribution >= 0.6 is 0 Å². The van der Waals surface area contributed by atoms with Crippen molar-refractivity contribution in [1.82, 2.24) is 29.9 Å². The normalized spacial score (nSPS) is 21.2. The first kappa shape index (κ1) is 22.8. The van der Waals surface area contributed by atoms with Crippen LogP contribution in [0.5, 0.6) is 0 Å². The van der Waals surface area contributed by atoms with Gasteiger partial charge in [-0.15, -0.1) is 0 Å². The zero-order chi connectivity index (χ0) is 24.8. The van der Waals surface area contributed by atoms with Crippen LogP contribution < -0.4 is 5.32 Å². The van der Waals surface area contributed by atoms with Crippen LogP contribution in [-0.2, 0) is 15.2 Å².